The molecule has 1 heterocycles. The Bertz CT molecular complexity index is 1050. The number of nitro groups is 2. The molecular formula is C20H16N4O6. The summed E-state index contributed by atoms with van der Waals surface area (Å²) < 4.78 is 4.70. The minimum Gasteiger partial charge on any atom is -0.465 e. The summed E-state index contributed by atoms with van der Waals surface area (Å²) in [4.78, 5) is 37.9. The van der Waals surface area contributed by atoms with Crippen molar-refractivity contribution in [3.05, 3.63) is 104 Å². The predicted octanol–water partition coefficient (Wildman–Crippen LogP) is 3.89. The lowest BCUT2D eigenvalue weighted by molar-refractivity contribution is -0.393. The third-order valence-corrected chi connectivity index (χ3v) is 4.32. The summed E-state index contributed by atoms with van der Waals surface area (Å²) in [6.45, 7) is 0. The second-order valence-corrected chi connectivity index (χ2v) is 6.14. The first-order valence-electron chi connectivity index (χ1n) is 8.70. The smallest absolute Gasteiger partial charge is 0.340 e. The van der Waals surface area contributed by atoms with Crippen molar-refractivity contribution in [1.29, 1.82) is 0 Å². The van der Waals surface area contributed by atoms with Crippen molar-refractivity contribution in [3.8, 4) is 0 Å². The van der Waals surface area contributed by atoms with Gasteiger partial charge < -0.3 is 10.1 Å². The minimum atomic E-state index is -0.947. The summed E-state index contributed by atoms with van der Waals surface area (Å²) in [7, 11) is 1.09. The Morgan fingerprint density at radius 3 is 2.30 bits per heavy atom. The number of hydrogen-bond acceptors (Lipinski definition) is 8. The second-order valence-electron chi connectivity index (χ2n) is 6.14. The Hall–Kier alpha value is -4.34. The highest BCUT2D eigenvalue weighted by atomic mass is 16.6. The first-order chi connectivity index (χ1) is 14.4. The van der Waals surface area contributed by atoms with Gasteiger partial charge in [-0.2, -0.15) is 0 Å². The van der Waals surface area contributed by atoms with E-state index in [4.69, 9.17) is 4.74 Å². The molecule has 2 aromatic carbocycles. The molecule has 1 aromatic heterocycles. The van der Waals surface area contributed by atoms with E-state index < -0.39 is 33.2 Å². The molecule has 0 fully saturated rings. The average molecular weight is 408 g/mol. The molecule has 0 amide bonds. The highest BCUT2D eigenvalue weighted by Gasteiger charge is 2.30. The van der Waals surface area contributed by atoms with Crippen LogP contribution in [-0.4, -0.2) is 27.9 Å². The maximum atomic E-state index is 12.3. The van der Waals surface area contributed by atoms with Gasteiger partial charge in [0.25, 0.3) is 11.4 Å². The number of rotatable bonds is 7. The van der Waals surface area contributed by atoms with Crippen LogP contribution in [0.2, 0.25) is 0 Å². The Morgan fingerprint density at radius 2 is 1.73 bits per heavy atom. The van der Waals surface area contributed by atoms with Gasteiger partial charge in [0.15, 0.2) is 0 Å². The standard InChI is InChI=1S/C20H16N4O6/c1-30-20(25)15-11-14(23(26)27)12-17(24(28)29)19(15)22-18(13-7-3-2-4-8-13)16-9-5-6-10-21-16/h2-12,18,22H,1H3. The summed E-state index contributed by atoms with van der Waals surface area (Å²) >= 11 is 0. The number of carbonyl (C=O) groups excluding carboxylic acids is 1. The Balaban J connectivity index is 2.22. The largest absolute Gasteiger partial charge is 0.465 e. The van der Waals surface area contributed by atoms with Crippen molar-refractivity contribution in [2.75, 3.05) is 12.4 Å². The first-order valence-corrected chi connectivity index (χ1v) is 8.70. The molecule has 0 saturated carbocycles. The van der Waals surface area contributed by atoms with Crippen molar-refractivity contribution in [2.24, 2.45) is 0 Å². The van der Waals surface area contributed by atoms with E-state index >= 15 is 0 Å². The molecule has 30 heavy (non-hydrogen) atoms. The van der Waals surface area contributed by atoms with E-state index in [1.807, 2.05) is 6.07 Å². The number of nitrogens with one attached hydrogen (secondary N) is 1. The third kappa shape index (κ3) is 4.22. The Morgan fingerprint density at radius 1 is 1.03 bits per heavy atom. The third-order valence-electron chi connectivity index (χ3n) is 4.32. The van der Waals surface area contributed by atoms with Crippen LogP contribution in [0.4, 0.5) is 17.1 Å². The maximum absolute atomic E-state index is 12.3. The molecule has 1 atom stereocenters. The number of pyridine rings is 1. The van der Waals surface area contributed by atoms with Gasteiger partial charge in [-0.05, 0) is 17.7 Å². The lowest BCUT2D eigenvalue weighted by atomic mass is 10.0. The SMILES string of the molecule is COC(=O)c1cc([N+](=O)[O-])cc([N+](=O)[O-])c1NC(c1ccccc1)c1ccccn1. The predicted molar refractivity (Wildman–Crippen MR) is 107 cm³/mol. The van der Waals surface area contributed by atoms with Crippen LogP contribution in [0.1, 0.15) is 27.7 Å². The fourth-order valence-electron chi connectivity index (χ4n) is 2.95. The number of hydrogen-bond donors (Lipinski definition) is 1. The van der Waals surface area contributed by atoms with E-state index in [-0.39, 0.29) is 11.3 Å². The van der Waals surface area contributed by atoms with Crippen LogP contribution in [0.25, 0.3) is 0 Å². The van der Waals surface area contributed by atoms with Crippen molar-refractivity contribution in [2.45, 2.75) is 6.04 Å². The van der Waals surface area contributed by atoms with Gasteiger partial charge in [-0.1, -0.05) is 36.4 Å². The Kier molecular flexibility index (Phi) is 5.97. The second kappa shape index (κ2) is 8.78. The maximum Gasteiger partial charge on any atom is 0.340 e. The lowest BCUT2D eigenvalue weighted by Crippen LogP contribution is -2.18. The highest BCUT2D eigenvalue weighted by molar-refractivity contribution is 5.99. The van der Waals surface area contributed by atoms with Crippen LogP contribution in [0, 0.1) is 20.2 Å². The molecule has 0 saturated heterocycles. The van der Waals surface area contributed by atoms with Gasteiger partial charge in [-0.3, -0.25) is 25.2 Å². The zero-order valence-corrected chi connectivity index (χ0v) is 15.7. The normalized spacial score (nSPS) is 11.4. The number of benzene rings is 2. The summed E-state index contributed by atoms with van der Waals surface area (Å²) in [6, 6.07) is 15.3. The number of nitro benzene ring substituents is 2. The summed E-state index contributed by atoms with van der Waals surface area (Å²) in [5, 5.41) is 25.9. The van der Waals surface area contributed by atoms with Crippen LogP contribution < -0.4 is 5.32 Å². The lowest BCUT2D eigenvalue weighted by Gasteiger charge is -2.21. The summed E-state index contributed by atoms with van der Waals surface area (Å²) in [5.74, 6) is -0.947. The molecule has 3 aromatic rings. The molecule has 1 N–H and O–H groups in total. The molecule has 0 aliphatic carbocycles. The van der Waals surface area contributed by atoms with Crippen LogP contribution in [0.15, 0.2) is 66.9 Å². The van der Waals surface area contributed by atoms with Crippen molar-refractivity contribution in [1.82, 2.24) is 4.98 Å². The van der Waals surface area contributed by atoms with E-state index in [1.54, 1.807) is 48.7 Å². The van der Waals surface area contributed by atoms with E-state index in [9.17, 15) is 25.0 Å². The van der Waals surface area contributed by atoms with Crippen molar-refractivity contribution >= 4 is 23.0 Å². The molecule has 0 bridgehead atoms. The molecule has 152 valence electrons. The first kappa shape index (κ1) is 20.4. The monoisotopic (exact) mass is 408 g/mol. The molecule has 3 rings (SSSR count). The van der Waals surface area contributed by atoms with Gasteiger partial charge >= 0.3 is 5.97 Å². The zero-order valence-electron chi connectivity index (χ0n) is 15.7. The molecule has 0 aliphatic heterocycles. The molecule has 0 aliphatic rings. The number of non-ortho nitro benzene ring substituents is 1. The number of aromatic nitrogens is 1. The van der Waals surface area contributed by atoms with Gasteiger partial charge in [-0.25, -0.2) is 4.79 Å². The van der Waals surface area contributed by atoms with E-state index in [0.29, 0.717) is 5.69 Å². The number of methoxy groups -OCH3 is 1. The van der Waals surface area contributed by atoms with Crippen molar-refractivity contribution < 1.29 is 19.4 Å². The topological polar surface area (TPSA) is 138 Å². The van der Waals surface area contributed by atoms with Gasteiger partial charge in [0.05, 0.1) is 40.3 Å². The van der Waals surface area contributed by atoms with Crippen LogP contribution in [0.5, 0.6) is 0 Å². The summed E-state index contributed by atoms with van der Waals surface area (Å²) in [6.07, 6.45) is 1.57. The summed E-state index contributed by atoms with van der Waals surface area (Å²) in [5.41, 5.74) is -0.484. The Labute approximate surface area is 170 Å². The zero-order chi connectivity index (χ0) is 21.7. The van der Waals surface area contributed by atoms with E-state index in [1.165, 1.54) is 0 Å². The molecule has 10 heteroatoms. The van der Waals surface area contributed by atoms with Crippen molar-refractivity contribution in [3.63, 3.8) is 0 Å². The highest BCUT2D eigenvalue weighted by Crippen LogP contribution is 2.37. The van der Waals surface area contributed by atoms with Crippen LogP contribution in [-0.2, 0) is 4.74 Å². The molecule has 10 nitrogen and oxygen atoms in total. The van der Waals surface area contributed by atoms with Crippen LogP contribution >= 0.6 is 0 Å². The molecule has 0 radical (unpaired) electrons. The van der Waals surface area contributed by atoms with Gasteiger partial charge in [-0.15, -0.1) is 0 Å². The average Bonchev–Trinajstić information content (AvgIpc) is 2.77. The molecule has 1 unspecified atom stereocenters. The fraction of sp³-hybridized carbons (Fsp3) is 0.100. The van der Waals surface area contributed by atoms with E-state index in [0.717, 1.165) is 24.8 Å². The number of ether oxygens (including phenoxy) is 1. The quantitative estimate of drug-likeness (QED) is 0.353. The number of esters is 1. The van der Waals surface area contributed by atoms with Crippen LogP contribution in [0.3, 0.4) is 0 Å². The molecule has 0 spiro atoms. The fourth-order valence-corrected chi connectivity index (χ4v) is 2.95. The number of nitrogens with zero attached hydrogens (tertiary/aromatic N) is 3. The number of anilines is 1. The van der Waals surface area contributed by atoms with Gasteiger partial charge in [0.2, 0.25) is 0 Å². The van der Waals surface area contributed by atoms with E-state index in [2.05, 4.69) is 10.3 Å². The minimum absolute atomic E-state index is 0.197. The molecular weight excluding hydrogens is 392 g/mol. The van der Waals surface area contributed by atoms with Gasteiger partial charge in [0, 0.05) is 12.3 Å². The van der Waals surface area contributed by atoms with Gasteiger partial charge in [0.1, 0.15) is 5.69 Å². The number of carbonyl (C=O) groups is 1.